The van der Waals surface area contributed by atoms with Crippen LogP contribution in [0.1, 0.15) is 38.3 Å². The first kappa shape index (κ1) is 15.6. The van der Waals surface area contributed by atoms with Crippen molar-refractivity contribution in [3.8, 4) is 0 Å². The van der Waals surface area contributed by atoms with Gasteiger partial charge in [-0.25, -0.2) is 8.78 Å². The maximum absolute atomic E-state index is 13.1. The number of rotatable bonds is 6. The lowest BCUT2D eigenvalue weighted by Crippen LogP contribution is -2.31. The maximum atomic E-state index is 13.1. The van der Waals surface area contributed by atoms with Crippen LogP contribution >= 0.6 is 0 Å². The van der Waals surface area contributed by atoms with E-state index < -0.39 is 11.6 Å². The van der Waals surface area contributed by atoms with Gasteiger partial charge in [0.25, 0.3) is 0 Å². The van der Waals surface area contributed by atoms with Gasteiger partial charge in [-0.2, -0.15) is 0 Å². The number of amides is 1. The quantitative estimate of drug-likeness (QED) is 0.834. The molecule has 1 rings (SSSR count). The number of hydrogen-bond acceptors (Lipinski definition) is 2. The van der Waals surface area contributed by atoms with Gasteiger partial charge in [0, 0.05) is 5.92 Å². The number of nitrogens with one attached hydrogen (secondary N) is 1. The van der Waals surface area contributed by atoms with E-state index in [2.05, 4.69) is 5.32 Å². The van der Waals surface area contributed by atoms with Gasteiger partial charge in [0.2, 0.25) is 5.91 Å². The van der Waals surface area contributed by atoms with Crippen molar-refractivity contribution < 1.29 is 13.6 Å². The predicted molar refractivity (Wildman–Crippen MR) is 70.4 cm³/mol. The van der Waals surface area contributed by atoms with Crippen LogP contribution in [0.15, 0.2) is 18.2 Å². The smallest absolute Gasteiger partial charge is 0.223 e. The summed E-state index contributed by atoms with van der Waals surface area (Å²) in [4.78, 5) is 11.9. The number of hydrogen-bond donors (Lipinski definition) is 2. The number of carbonyl (C=O) groups excluding carboxylic acids is 1. The summed E-state index contributed by atoms with van der Waals surface area (Å²) in [6.07, 6.45) is 1.50. The molecule has 1 aromatic rings. The summed E-state index contributed by atoms with van der Waals surface area (Å²) in [5.41, 5.74) is 5.93. The largest absolute Gasteiger partial charge is 0.349 e. The lowest BCUT2D eigenvalue weighted by molar-refractivity contribution is -0.125. The Kier molecular flexibility index (Phi) is 5.89. The topological polar surface area (TPSA) is 55.1 Å². The van der Waals surface area contributed by atoms with Crippen molar-refractivity contribution in [3.63, 3.8) is 0 Å². The average molecular weight is 270 g/mol. The Morgan fingerprint density at radius 1 is 1.32 bits per heavy atom. The van der Waals surface area contributed by atoms with E-state index in [4.69, 9.17) is 5.73 Å². The van der Waals surface area contributed by atoms with Crippen molar-refractivity contribution in [2.45, 2.75) is 32.7 Å². The Hall–Kier alpha value is -1.49. The van der Waals surface area contributed by atoms with Crippen LogP contribution in [0.2, 0.25) is 0 Å². The minimum absolute atomic E-state index is 0.106. The third-order valence-electron chi connectivity index (χ3n) is 3.09. The van der Waals surface area contributed by atoms with E-state index in [1.165, 1.54) is 6.07 Å². The number of nitrogens with two attached hydrogens (primary N) is 1. The molecule has 1 aromatic carbocycles. The van der Waals surface area contributed by atoms with Crippen molar-refractivity contribution in [1.82, 2.24) is 5.32 Å². The molecule has 2 atom stereocenters. The van der Waals surface area contributed by atoms with Gasteiger partial charge in [-0.3, -0.25) is 4.79 Å². The van der Waals surface area contributed by atoms with Gasteiger partial charge in [-0.15, -0.1) is 0 Å². The van der Waals surface area contributed by atoms with Gasteiger partial charge in [0.1, 0.15) is 0 Å². The summed E-state index contributed by atoms with van der Waals surface area (Å²) < 4.78 is 25.9. The van der Waals surface area contributed by atoms with E-state index in [0.29, 0.717) is 18.5 Å². The minimum atomic E-state index is -0.908. The molecule has 0 fully saturated rings. The lowest BCUT2D eigenvalue weighted by Gasteiger charge is -2.18. The zero-order valence-electron chi connectivity index (χ0n) is 11.2. The van der Waals surface area contributed by atoms with Gasteiger partial charge in [-0.05, 0) is 44.0 Å². The van der Waals surface area contributed by atoms with Crippen LogP contribution in [0.3, 0.4) is 0 Å². The zero-order chi connectivity index (χ0) is 14.4. The highest BCUT2D eigenvalue weighted by Gasteiger charge is 2.16. The third kappa shape index (κ3) is 4.59. The molecule has 0 aromatic heterocycles. The van der Waals surface area contributed by atoms with E-state index >= 15 is 0 Å². The fraction of sp³-hybridized carbons (Fsp3) is 0.500. The van der Waals surface area contributed by atoms with Crippen molar-refractivity contribution in [2.75, 3.05) is 6.54 Å². The lowest BCUT2D eigenvalue weighted by atomic mass is 10.0. The Balaban J connectivity index is 2.60. The fourth-order valence-electron chi connectivity index (χ4n) is 1.78. The molecule has 0 spiro atoms. The summed E-state index contributed by atoms with van der Waals surface area (Å²) in [5.74, 6) is -2.05. The second-order valence-corrected chi connectivity index (χ2v) is 4.74. The SMILES string of the molecule is CC(CCCN)C(=O)NC(C)c1ccc(F)c(F)c1. The molecule has 19 heavy (non-hydrogen) atoms. The number of halogens is 2. The Morgan fingerprint density at radius 2 is 2.00 bits per heavy atom. The second kappa shape index (κ2) is 7.19. The van der Waals surface area contributed by atoms with Gasteiger partial charge >= 0.3 is 0 Å². The normalized spacial score (nSPS) is 13.9. The van der Waals surface area contributed by atoms with Gasteiger partial charge in [0.15, 0.2) is 11.6 Å². The molecule has 0 aliphatic carbocycles. The minimum Gasteiger partial charge on any atom is -0.349 e. The molecule has 3 nitrogen and oxygen atoms in total. The molecule has 0 bridgehead atoms. The molecule has 106 valence electrons. The van der Waals surface area contributed by atoms with Crippen LogP contribution in [-0.2, 0) is 4.79 Å². The van der Waals surface area contributed by atoms with Gasteiger partial charge in [0.05, 0.1) is 6.04 Å². The van der Waals surface area contributed by atoms with Crippen molar-refractivity contribution in [3.05, 3.63) is 35.4 Å². The first-order valence-corrected chi connectivity index (χ1v) is 6.41. The van der Waals surface area contributed by atoms with E-state index in [1.54, 1.807) is 6.92 Å². The molecular weight excluding hydrogens is 250 g/mol. The molecule has 0 heterocycles. The summed E-state index contributed by atoms with van der Waals surface area (Å²) in [7, 11) is 0. The Bertz CT molecular complexity index is 437. The summed E-state index contributed by atoms with van der Waals surface area (Å²) in [5, 5.41) is 2.78. The van der Waals surface area contributed by atoms with Crippen LogP contribution < -0.4 is 11.1 Å². The molecule has 0 aliphatic heterocycles. The highest BCUT2D eigenvalue weighted by Crippen LogP contribution is 2.17. The molecule has 0 saturated carbocycles. The first-order valence-electron chi connectivity index (χ1n) is 6.41. The van der Waals surface area contributed by atoms with Gasteiger partial charge < -0.3 is 11.1 Å². The summed E-state index contributed by atoms with van der Waals surface area (Å²) >= 11 is 0. The van der Waals surface area contributed by atoms with Crippen LogP contribution in [0.5, 0.6) is 0 Å². The van der Waals surface area contributed by atoms with Gasteiger partial charge in [-0.1, -0.05) is 13.0 Å². The molecular formula is C14H20F2N2O. The molecule has 2 unspecified atom stereocenters. The molecule has 1 amide bonds. The Morgan fingerprint density at radius 3 is 2.58 bits per heavy atom. The highest BCUT2D eigenvalue weighted by atomic mass is 19.2. The number of benzene rings is 1. The molecule has 0 radical (unpaired) electrons. The fourth-order valence-corrected chi connectivity index (χ4v) is 1.78. The standard InChI is InChI=1S/C14H20F2N2O/c1-9(4-3-7-17)14(19)18-10(2)11-5-6-12(15)13(16)8-11/h5-6,8-10H,3-4,7,17H2,1-2H3,(H,18,19). The molecule has 0 saturated heterocycles. The van der Waals surface area contributed by atoms with E-state index in [0.717, 1.165) is 18.6 Å². The third-order valence-corrected chi connectivity index (χ3v) is 3.09. The number of carbonyl (C=O) groups is 1. The molecule has 3 N–H and O–H groups in total. The van der Waals surface area contributed by atoms with Crippen molar-refractivity contribution in [2.24, 2.45) is 11.7 Å². The van der Waals surface area contributed by atoms with Crippen molar-refractivity contribution in [1.29, 1.82) is 0 Å². The maximum Gasteiger partial charge on any atom is 0.223 e. The van der Waals surface area contributed by atoms with Crippen LogP contribution in [0.4, 0.5) is 8.78 Å². The summed E-state index contributed by atoms with van der Waals surface area (Å²) in [6, 6.07) is 3.27. The predicted octanol–water partition coefficient (Wildman–Crippen LogP) is 2.52. The molecule has 5 heteroatoms. The highest BCUT2D eigenvalue weighted by molar-refractivity contribution is 5.78. The summed E-state index contributed by atoms with van der Waals surface area (Å²) in [6.45, 7) is 4.11. The zero-order valence-corrected chi connectivity index (χ0v) is 11.2. The monoisotopic (exact) mass is 270 g/mol. The van der Waals surface area contributed by atoms with Crippen molar-refractivity contribution >= 4 is 5.91 Å². The van der Waals surface area contributed by atoms with E-state index in [9.17, 15) is 13.6 Å². The second-order valence-electron chi connectivity index (χ2n) is 4.74. The average Bonchev–Trinajstić information content (AvgIpc) is 2.38. The first-order chi connectivity index (χ1) is 8.95. The van der Waals surface area contributed by atoms with Crippen LogP contribution in [0.25, 0.3) is 0 Å². The van der Waals surface area contributed by atoms with E-state index in [-0.39, 0.29) is 17.9 Å². The molecule has 0 aliphatic rings. The van der Waals surface area contributed by atoms with Crippen LogP contribution in [0, 0.1) is 17.6 Å². The Labute approximate surface area is 112 Å². The van der Waals surface area contributed by atoms with Crippen LogP contribution in [-0.4, -0.2) is 12.5 Å². The van der Waals surface area contributed by atoms with E-state index in [1.807, 2.05) is 6.92 Å².